The number of hydrogen-bond donors (Lipinski definition) is 1. The zero-order valence-corrected chi connectivity index (χ0v) is 16.2. The van der Waals surface area contributed by atoms with Gasteiger partial charge < -0.3 is 19.8 Å². The summed E-state index contributed by atoms with van der Waals surface area (Å²) in [7, 11) is 1.57. The second-order valence-corrected chi connectivity index (χ2v) is 6.61. The molecule has 0 bridgehead atoms. The second kappa shape index (κ2) is 9.08. The van der Waals surface area contributed by atoms with Crippen molar-refractivity contribution in [2.45, 2.75) is 19.4 Å². The number of urea groups is 1. The van der Waals surface area contributed by atoms with E-state index in [9.17, 15) is 4.79 Å². The van der Waals surface area contributed by atoms with Crippen LogP contribution in [0.15, 0.2) is 66.3 Å². The van der Waals surface area contributed by atoms with Gasteiger partial charge in [0, 0.05) is 18.5 Å². The number of rotatable bonds is 7. The van der Waals surface area contributed by atoms with Crippen molar-refractivity contribution in [3.8, 4) is 5.75 Å². The number of methoxy groups -OCH3 is 1. The molecule has 1 heterocycles. The molecule has 2 aromatic carbocycles. The van der Waals surface area contributed by atoms with Gasteiger partial charge in [-0.15, -0.1) is 6.58 Å². The Labute approximate surface area is 165 Å². The molecular weight excluding hydrogens is 354 g/mol. The maximum Gasteiger partial charge on any atom is 0.322 e. The normalized spacial score (nSPS) is 15.4. The Bertz CT molecular complexity index is 879. The molecule has 0 saturated carbocycles. The van der Waals surface area contributed by atoms with Crippen molar-refractivity contribution >= 4 is 17.4 Å². The molecule has 1 aliphatic heterocycles. The predicted octanol–water partition coefficient (Wildman–Crippen LogP) is 4.22. The third-order valence-electron chi connectivity index (χ3n) is 4.60. The van der Waals surface area contributed by atoms with Crippen molar-refractivity contribution in [2.75, 3.05) is 25.5 Å². The Morgan fingerprint density at radius 2 is 2.07 bits per heavy atom. The third-order valence-corrected chi connectivity index (χ3v) is 4.60. The first-order valence-electron chi connectivity index (χ1n) is 9.21. The number of ether oxygens (including phenoxy) is 1. The number of nitrogens with one attached hydrogen (secondary N) is 1. The summed E-state index contributed by atoms with van der Waals surface area (Å²) in [5.74, 6) is 0.608. The number of hydrogen-bond acceptors (Lipinski definition) is 4. The number of anilines is 1. The minimum Gasteiger partial charge on any atom is -0.495 e. The van der Waals surface area contributed by atoms with Gasteiger partial charge in [-0.25, -0.2) is 4.79 Å². The zero-order chi connectivity index (χ0) is 19.9. The number of nitrogens with zero attached hydrogens (tertiary/aromatic N) is 2. The van der Waals surface area contributed by atoms with E-state index in [0.717, 1.165) is 16.8 Å². The Hall–Kier alpha value is -3.28. The lowest BCUT2D eigenvalue weighted by atomic mass is 10.0. The second-order valence-electron chi connectivity index (χ2n) is 6.61. The molecule has 146 valence electrons. The van der Waals surface area contributed by atoms with Gasteiger partial charge in [0.15, 0.2) is 6.10 Å². The Morgan fingerprint density at radius 1 is 1.32 bits per heavy atom. The van der Waals surface area contributed by atoms with Gasteiger partial charge in [0.2, 0.25) is 0 Å². The maximum absolute atomic E-state index is 12.8. The van der Waals surface area contributed by atoms with Gasteiger partial charge in [0.05, 0.1) is 25.1 Å². The summed E-state index contributed by atoms with van der Waals surface area (Å²) in [6.07, 6.45) is 2.15. The van der Waals surface area contributed by atoms with Crippen LogP contribution < -0.4 is 10.1 Å². The molecule has 28 heavy (non-hydrogen) atoms. The average molecular weight is 379 g/mol. The highest BCUT2D eigenvalue weighted by Gasteiger charge is 2.27. The van der Waals surface area contributed by atoms with Gasteiger partial charge in [0.25, 0.3) is 0 Å². The van der Waals surface area contributed by atoms with Crippen LogP contribution in [0.25, 0.3) is 0 Å². The lowest BCUT2D eigenvalue weighted by molar-refractivity contribution is 0.0645. The van der Waals surface area contributed by atoms with Crippen LogP contribution in [-0.4, -0.2) is 42.9 Å². The summed E-state index contributed by atoms with van der Waals surface area (Å²) in [6.45, 7) is 6.62. The summed E-state index contributed by atoms with van der Waals surface area (Å²) in [4.78, 5) is 20.0. The van der Waals surface area contributed by atoms with Crippen molar-refractivity contribution in [3.63, 3.8) is 0 Å². The van der Waals surface area contributed by atoms with Crippen LogP contribution in [0.5, 0.6) is 5.75 Å². The van der Waals surface area contributed by atoms with E-state index in [1.54, 1.807) is 30.2 Å². The lowest BCUT2D eigenvalue weighted by Gasteiger charge is -2.24. The molecule has 0 fully saturated rings. The Kier molecular flexibility index (Phi) is 6.32. The molecule has 6 nitrogen and oxygen atoms in total. The maximum atomic E-state index is 12.8. The lowest BCUT2D eigenvalue weighted by Crippen LogP contribution is -2.40. The molecule has 6 heteroatoms. The molecule has 1 atom stereocenters. The number of amides is 2. The van der Waals surface area contributed by atoms with E-state index in [2.05, 4.69) is 30.0 Å². The van der Waals surface area contributed by atoms with E-state index in [1.165, 1.54) is 0 Å². The van der Waals surface area contributed by atoms with Crippen LogP contribution in [0, 0.1) is 6.92 Å². The predicted molar refractivity (Wildman–Crippen MR) is 111 cm³/mol. The molecule has 0 spiro atoms. The van der Waals surface area contributed by atoms with E-state index in [4.69, 9.17) is 9.57 Å². The molecule has 0 aliphatic carbocycles. The standard InChI is InChI=1S/C22H25N3O3/c1-4-13-25(22(26)23-19-11-7-8-12-21(19)27-3)15-17-14-20(24-28-17)18-10-6-5-9-16(18)2/h4-12,17H,1,13-15H2,2-3H3,(H,23,26)/t17-/m1/s1. The number of carbonyl (C=O) groups is 1. The van der Waals surface area contributed by atoms with Crippen molar-refractivity contribution in [1.82, 2.24) is 4.90 Å². The van der Waals surface area contributed by atoms with Gasteiger partial charge in [0.1, 0.15) is 5.75 Å². The van der Waals surface area contributed by atoms with E-state index < -0.39 is 0 Å². The molecule has 2 aromatic rings. The fraction of sp³-hybridized carbons (Fsp3) is 0.273. The summed E-state index contributed by atoms with van der Waals surface area (Å²) < 4.78 is 5.30. The number of aryl methyl sites for hydroxylation is 1. The van der Waals surface area contributed by atoms with E-state index in [-0.39, 0.29) is 12.1 Å². The van der Waals surface area contributed by atoms with Crippen molar-refractivity contribution in [3.05, 3.63) is 72.3 Å². The fourth-order valence-electron chi connectivity index (χ4n) is 3.17. The molecule has 1 aliphatic rings. The number of carbonyl (C=O) groups excluding carboxylic acids is 1. The van der Waals surface area contributed by atoms with Gasteiger partial charge in [-0.1, -0.05) is 47.6 Å². The summed E-state index contributed by atoms with van der Waals surface area (Å²) >= 11 is 0. The molecular formula is C22H25N3O3. The van der Waals surface area contributed by atoms with Crippen molar-refractivity contribution in [1.29, 1.82) is 0 Å². The van der Waals surface area contributed by atoms with Crippen LogP contribution in [0.1, 0.15) is 17.5 Å². The molecule has 3 rings (SSSR count). The molecule has 0 radical (unpaired) electrons. The Morgan fingerprint density at radius 3 is 2.82 bits per heavy atom. The van der Waals surface area contributed by atoms with Crippen LogP contribution in [0.4, 0.5) is 10.5 Å². The molecule has 0 aromatic heterocycles. The van der Waals surface area contributed by atoms with Crippen LogP contribution in [-0.2, 0) is 4.84 Å². The number of para-hydroxylation sites is 2. The first kappa shape index (κ1) is 19.5. The van der Waals surface area contributed by atoms with E-state index >= 15 is 0 Å². The highest BCUT2D eigenvalue weighted by atomic mass is 16.6. The molecule has 2 amide bonds. The summed E-state index contributed by atoms with van der Waals surface area (Å²) in [5.41, 5.74) is 3.76. The van der Waals surface area contributed by atoms with Crippen LogP contribution in [0.3, 0.4) is 0 Å². The summed E-state index contributed by atoms with van der Waals surface area (Å²) in [6, 6.07) is 15.1. The molecule has 0 saturated heterocycles. The summed E-state index contributed by atoms with van der Waals surface area (Å²) in [5, 5.41) is 7.14. The quantitative estimate of drug-likeness (QED) is 0.733. The van der Waals surface area contributed by atoms with Crippen LogP contribution >= 0.6 is 0 Å². The first-order valence-corrected chi connectivity index (χ1v) is 9.21. The van der Waals surface area contributed by atoms with Gasteiger partial charge >= 0.3 is 6.03 Å². The molecule has 0 unspecified atom stereocenters. The fourth-order valence-corrected chi connectivity index (χ4v) is 3.17. The van der Waals surface area contributed by atoms with Gasteiger partial charge in [-0.05, 0) is 24.6 Å². The largest absolute Gasteiger partial charge is 0.495 e. The van der Waals surface area contributed by atoms with Gasteiger partial charge in [-0.2, -0.15) is 0 Å². The Balaban J connectivity index is 1.64. The minimum absolute atomic E-state index is 0.196. The SMILES string of the molecule is C=CCN(C[C@H]1CC(c2ccccc2C)=NO1)C(=O)Nc1ccccc1OC. The third kappa shape index (κ3) is 4.52. The van der Waals surface area contributed by atoms with E-state index in [0.29, 0.717) is 30.9 Å². The van der Waals surface area contributed by atoms with E-state index in [1.807, 2.05) is 30.3 Å². The van der Waals surface area contributed by atoms with Gasteiger partial charge in [-0.3, -0.25) is 0 Å². The number of benzene rings is 2. The first-order chi connectivity index (χ1) is 13.6. The van der Waals surface area contributed by atoms with Crippen molar-refractivity contribution in [2.24, 2.45) is 5.16 Å². The number of oxime groups is 1. The highest BCUT2D eigenvalue weighted by Crippen LogP contribution is 2.24. The molecule has 1 N–H and O–H groups in total. The zero-order valence-electron chi connectivity index (χ0n) is 16.2. The minimum atomic E-state index is -0.239. The monoisotopic (exact) mass is 379 g/mol. The smallest absolute Gasteiger partial charge is 0.322 e. The van der Waals surface area contributed by atoms with Crippen LogP contribution in [0.2, 0.25) is 0 Å². The highest BCUT2D eigenvalue weighted by molar-refractivity contribution is 6.02. The topological polar surface area (TPSA) is 63.2 Å². The van der Waals surface area contributed by atoms with Crippen molar-refractivity contribution < 1.29 is 14.4 Å². The average Bonchev–Trinajstić information content (AvgIpc) is 3.16.